The Balaban J connectivity index is 0.00000722. The predicted octanol–water partition coefficient (Wildman–Crippen LogP) is 14.8. The molecule has 1 aliphatic rings. The smallest absolute Gasteiger partial charge is 0.500 e. The Kier molecular flexibility index (Phi) is 10.5. The van der Waals surface area contributed by atoms with Gasteiger partial charge in [0.15, 0.2) is 0 Å². The van der Waals surface area contributed by atoms with Crippen molar-refractivity contribution in [3.8, 4) is 39.8 Å². The van der Waals surface area contributed by atoms with Crippen molar-refractivity contribution >= 4 is 21.9 Å². The maximum Gasteiger partial charge on any atom is 3.00 e. The van der Waals surface area contributed by atoms with E-state index in [-0.39, 0.29) is 65.3 Å². The van der Waals surface area contributed by atoms with Crippen LogP contribution < -0.4 is 0 Å². The number of rotatable bonds is 13. The number of nitriles is 1. The monoisotopic (exact) mass is 1070 g/mol. The summed E-state index contributed by atoms with van der Waals surface area (Å²) in [5.74, 6) is -1.29. The van der Waals surface area contributed by atoms with Crippen LogP contribution in [0.15, 0.2) is 144 Å². The summed E-state index contributed by atoms with van der Waals surface area (Å²) in [5.41, 5.74) is 6.43. The molecule has 1 aliphatic carbocycles. The minimum atomic E-state index is -2.78. The number of pyridine rings is 3. The average molecular weight is 1070 g/mol. The Labute approximate surface area is 427 Å². The van der Waals surface area contributed by atoms with E-state index in [0.29, 0.717) is 47.6 Å². The fourth-order valence-electron chi connectivity index (χ4n) is 9.49. The van der Waals surface area contributed by atoms with Crippen LogP contribution in [0.3, 0.4) is 0 Å². The van der Waals surface area contributed by atoms with Gasteiger partial charge < -0.3 is 19.4 Å². The first-order valence-corrected chi connectivity index (χ1v) is 22.8. The van der Waals surface area contributed by atoms with Gasteiger partial charge in [-0.15, -0.1) is 90.0 Å². The molecular formula is C62H55IrN4O. The molecule has 1 saturated carbocycles. The standard InChI is InChI=1S/C62H55N4O.Ir/c1-41-48(37-63)25-28-53-52-21-14-22-54(60(52)67-59(41)53)58-34-55(45-15-12-13-16-45)49(38-64-58)24-23-42-31-43(35-61(2,3)50-26-29-56(65-39-50)46-17-8-6-9-18-46)33-44(32-42)36-62(4,5)51-27-30-57(66-40-51)47-19-10-7-11-20-47;/h6-11,14,17,19,21,25-34,38-40,45H,12-13,15-16,23-24,35-36H2,1-5H3;/q-3;+3/i1D3,23D2,24D2,25D,45D;. The molecule has 4 aromatic heterocycles. The van der Waals surface area contributed by atoms with Gasteiger partial charge in [0.1, 0.15) is 5.58 Å². The van der Waals surface area contributed by atoms with Gasteiger partial charge in [-0.25, -0.2) is 0 Å². The predicted molar refractivity (Wildman–Crippen MR) is 271 cm³/mol. The van der Waals surface area contributed by atoms with Crippen molar-refractivity contribution in [2.75, 3.05) is 0 Å². The van der Waals surface area contributed by atoms with Crippen LogP contribution in [0.2, 0.25) is 0 Å². The second kappa shape index (κ2) is 19.6. The van der Waals surface area contributed by atoms with Gasteiger partial charge in [-0.1, -0.05) is 106 Å². The van der Waals surface area contributed by atoms with Gasteiger partial charge in [-0.2, -0.15) is 5.26 Å². The first-order chi connectivity index (χ1) is 36.0. The number of nitrogens with zero attached hydrogens (tertiary/aromatic N) is 4. The summed E-state index contributed by atoms with van der Waals surface area (Å²) in [6, 6.07) is 46.8. The van der Waals surface area contributed by atoms with Crippen LogP contribution in [0, 0.1) is 36.4 Å². The van der Waals surface area contributed by atoms with Crippen LogP contribution in [0.25, 0.3) is 55.7 Å². The quantitative estimate of drug-likeness (QED) is 0.108. The number of benzene rings is 5. The van der Waals surface area contributed by atoms with Gasteiger partial charge in [0.05, 0.1) is 18.6 Å². The van der Waals surface area contributed by atoms with E-state index in [9.17, 15) is 12.1 Å². The summed E-state index contributed by atoms with van der Waals surface area (Å²) in [4.78, 5) is 14.4. The molecule has 0 N–H and O–H groups in total. The molecule has 338 valence electrons. The molecule has 0 unspecified atom stereocenters. The molecule has 5 aromatic carbocycles. The van der Waals surface area contributed by atoms with Crippen LogP contribution in [-0.4, -0.2) is 15.0 Å². The van der Waals surface area contributed by atoms with Gasteiger partial charge in [0, 0.05) is 40.5 Å². The van der Waals surface area contributed by atoms with Gasteiger partial charge in [0.25, 0.3) is 0 Å². The third kappa shape index (κ3) is 9.61. The van der Waals surface area contributed by atoms with Crippen molar-refractivity contribution in [3.05, 3.63) is 208 Å². The minimum Gasteiger partial charge on any atom is -0.500 e. The summed E-state index contributed by atoms with van der Waals surface area (Å²) >= 11 is 0. The largest absolute Gasteiger partial charge is 3.00 e. The van der Waals surface area contributed by atoms with Crippen molar-refractivity contribution in [3.63, 3.8) is 0 Å². The van der Waals surface area contributed by atoms with Crippen molar-refractivity contribution in [2.45, 2.75) is 103 Å². The maximum absolute atomic E-state index is 10.0. The third-order valence-electron chi connectivity index (χ3n) is 13.1. The summed E-state index contributed by atoms with van der Waals surface area (Å²) in [6.45, 7) is 5.72. The summed E-state index contributed by atoms with van der Waals surface area (Å²) in [7, 11) is 0. The summed E-state index contributed by atoms with van der Waals surface area (Å²) in [6.07, 6.45) is 2.90. The van der Waals surface area contributed by atoms with E-state index in [1.807, 2.05) is 79.1 Å². The van der Waals surface area contributed by atoms with Crippen LogP contribution in [-0.2, 0) is 56.5 Å². The Morgan fingerprint density at radius 1 is 0.706 bits per heavy atom. The fraction of sp³-hybridized carbons (Fsp3) is 0.258. The molecule has 9 aromatic rings. The second-order valence-electron chi connectivity index (χ2n) is 18.8. The van der Waals surface area contributed by atoms with E-state index in [2.05, 4.69) is 64.1 Å². The van der Waals surface area contributed by atoms with Crippen LogP contribution >= 0.6 is 0 Å². The topological polar surface area (TPSA) is 75.6 Å². The molecule has 68 heavy (non-hydrogen) atoms. The molecule has 1 fully saturated rings. The van der Waals surface area contributed by atoms with E-state index < -0.39 is 36.3 Å². The van der Waals surface area contributed by atoms with Crippen molar-refractivity contribution in [1.29, 1.82) is 5.26 Å². The van der Waals surface area contributed by atoms with E-state index in [4.69, 9.17) is 24.9 Å². The summed E-state index contributed by atoms with van der Waals surface area (Å²) < 4.78 is 89.7. The molecule has 0 saturated heterocycles. The first-order valence-electron chi connectivity index (χ1n) is 27.3. The van der Waals surface area contributed by atoms with E-state index in [1.54, 1.807) is 30.3 Å². The molecule has 0 aliphatic heterocycles. The molecule has 0 atom stereocenters. The zero-order valence-corrected chi connectivity index (χ0v) is 40.9. The molecular weight excluding hydrogens is 1010 g/mol. The van der Waals surface area contributed by atoms with Crippen LogP contribution in [0.1, 0.15) is 122 Å². The van der Waals surface area contributed by atoms with Crippen molar-refractivity contribution in [2.24, 2.45) is 0 Å². The Morgan fingerprint density at radius 3 is 1.87 bits per heavy atom. The van der Waals surface area contributed by atoms with Crippen molar-refractivity contribution in [1.82, 2.24) is 15.0 Å². The zero-order valence-electron chi connectivity index (χ0n) is 47.5. The molecule has 0 spiro atoms. The zero-order chi connectivity index (χ0) is 54.0. The fourth-order valence-corrected chi connectivity index (χ4v) is 9.49. The van der Waals surface area contributed by atoms with Crippen LogP contribution in [0.5, 0.6) is 0 Å². The molecule has 0 amide bonds. The summed E-state index contributed by atoms with van der Waals surface area (Å²) in [5, 5.41) is 10.7. The van der Waals surface area contributed by atoms with Crippen LogP contribution in [0.4, 0.5) is 0 Å². The molecule has 4 heterocycles. The number of aromatic nitrogens is 3. The van der Waals surface area contributed by atoms with Gasteiger partial charge >= 0.3 is 20.1 Å². The van der Waals surface area contributed by atoms with Crippen molar-refractivity contribution < 1.29 is 36.9 Å². The average Bonchev–Trinajstić information content (AvgIpc) is 4.11. The van der Waals surface area contributed by atoms with E-state index in [0.717, 1.165) is 57.6 Å². The number of aryl methyl sites for hydroxylation is 3. The van der Waals surface area contributed by atoms with E-state index >= 15 is 0 Å². The van der Waals surface area contributed by atoms with Gasteiger partial charge in [-0.3, -0.25) is 0 Å². The molecule has 0 bridgehead atoms. The van der Waals surface area contributed by atoms with Gasteiger partial charge in [-0.05, 0) is 124 Å². The normalized spacial score (nSPS) is 16.2. The number of furan rings is 1. The molecule has 6 heteroatoms. The number of hydrogen-bond donors (Lipinski definition) is 0. The second-order valence-corrected chi connectivity index (χ2v) is 18.8. The van der Waals surface area contributed by atoms with E-state index in [1.165, 1.54) is 12.3 Å². The number of fused-ring (bicyclic) bond motifs is 3. The first kappa shape index (κ1) is 36.5. The molecule has 0 radical (unpaired) electrons. The SMILES string of the molecule is [2H]c1cc2c(oc3c(-c4cc(C5([2H])CCCC5)c(C([2H])([2H])C([2H])([2H])c5cc(CC(C)(C)c6ccc(-c7[c-]cccc7)nc6)cc(CC(C)(C)c6ccc(-c7[c-]cccc7)nc6)c5)cn4)[c-]ccc32)c(C([2H])([2H])[2H])c1C#N.[Ir+3]. The Bertz CT molecular complexity index is 3560. The third-order valence-corrected chi connectivity index (χ3v) is 13.1. The Hall–Kier alpha value is -6.51. The number of hydrogen-bond acceptors (Lipinski definition) is 5. The van der Waals surface area contributed by atoms with Gasteiger partial charge in [0.2, 0.25) is 0 Å². The minimum absolute atomic E-state index is 0. The molecule has 5 nitrogen and oxygen atoms in total. The molecule has 10 rings (SSSR count). The maximum atomic E-state index is 10.0. The Morgan fingerprint density at radius 2 is 1.31 bits per heavy atom.